The van der Waals surface area contributed by atoms with Gasteiger partial charge in [0.05, 0.1) is 5.75 Å². The van der Waals surface area contributed by atoms with Gasteiger partial charge in [-0.25, -0.2) is 12.7 Å². The fraction of sp³-hybridized carbons (Fsp3) is 0.643. The Labute approximate surface area is 121 Å². The lowest BCUT2D eigenvalue weighted by atomic mass is 9.98. The van der Waals surface area contributed by atoms with Gasteiger partial charge in [-0.3, -0.25) is 4.98 Å². The van der Waals surface area contributed by atoms with Crippen molar-refractivity contribution in [1.82, 2.24) is 14.6 Å². The minimum Gasteiger partial charge on any atom is -0.317 e. The van der Waals surface area contributed by atoms with Crippen molar-refractivity contribution in [1.29, 1.82) is 0 Å². The zero-order chi connectivity index (χ0) is 14.4. The molecule has 1 aliphatic heterocycles. The molecule has 0 amide bonds. The third kappa shape index (κ3) is 4.54. The molecule has 1 aromatic rings. The number of nitrogens with zero attached hydrogens (tertiary/aromatic N) is 2. The normalized spacial score (nSPS) is 17.5. The van der Waals surface area contributed by atoms with Crippen LogP contribution >= 0.6 is 0 Å². The predicted molar refractivity (Wildman–Crippen MR) is 80.0 cm³/mol. The molecule has 112 valence electrons. The largest absolute Gasteiger partial charge is 0.317 e. The van der Waals surface area contributed by atoms with E-state index in [2.05, 4.69) is 10.3 Å². The van der Waals surface area contributed by atoms with Crippen molar-refractivity contribution in [2.24, 2.45) is 5.92 Å². The van der Waals surface area contributed by atoms with Gasteiger partial charge in [-0.1, -0.05) is 6.07 Å². The Hall–Kier alpha value is -0.980. The lowest BCUT2D eigenvalue weighted by molar-refractivity contribution is 0.311. The number of aromatic nitrogens is 1. The molecular formula is C14H23N3O2S. The number of piperidine rings is 1. The Kier molecular flexibility index (Phi) is 5.51. The van der Waals surface area contributed by atoms with E-state index in [0.717, 1.165) is 31.6 Å². The highest BCUT2D eigenvalue weighted by Crippen LogP contribution is 2.15. The zero-order valence-electron chi connectivity index (χ0n) is 12.0. The molecule has 2 rings (SSSR count). The Bertz CT molecular complexity index is 498. The molecule has 0 spiro atoms. The summed E-state index contributed by atoms with van der Waals surface area (Å²) in [6, 6.07) is 5.58. The first kappa shape index (κ1) is 15.4. The maximum atomic E-state index is 12.3. The molecule has 0 unspecified atom stereocenters. The summed E-state index contributed by atoms with van der Waals surface area (Å²) in [6.45, 7) is 2.62. The van der Waals surface area contributed by atoms with E-state index in [-0.39, 0.29) is 5.75 Å². The van der Waals surface area contributed by atoms with Gasteiger partial charge in [0.15, 0.2) is 0 Å². The molecule has 0 bridgehead atoms. The van der Waals surface area contributed by atoms with E-state index in [9.17, 15) is 8.42 Å². The summed E-state index contributed by atoms with van der Waals surface area (Å²) in [6.07, 6.45) is 4.28. The fourth-order valence-electron chi connectivity index (χ4n) is 2.48. The highest BCUT2D eigenvalue weighted by molar-refractivity contribution is 7.89. The number of sulfonamides is 1. The Morgan fingerprint density at radius 2 is 2.10 bits per heavy atom. The van der Waals surface area contributed by atoms with Gasteiger partial charge in [0.2, 0.25) is 10.0 Å². The second-order valence-corrected chi connectivity index (χ2v) is 7.56. The smallest absolute Gasteiger partial charge is 0.214 e. The van der Waals surface area contributed by atoms with Crippen LogP contribution in [0.25, 0.3) is 0 Å². The maximum absolute atomic E-state index is 12.3. The molecule has 0 saturated carbocycles. The molecule has 1 saturated heterocycles. The summed E-state index contributed by atoms with van der Waals surface area (Å²) in [5, 5.41) is 3.30. The van der Waals surface area contributed by atoms with Gasteiger partial charge in [0.1, 0.15) is 0 Å². The summed E-state index contributed by atoms with van der Waals surface area (Å²) in [5.41, 5.74) is 0.825. The zero-order valence-corrected chi connectivity index (χ0v) is 12.8. The van der Waals surface area contributed by atoms with Crippen LogP contribution in [0.4, 0.5) is 0 Å². The Balaban J connectivity index is 1.85. The van der Waals surface area contributed by atoms with Gasteiger partial charge >= 0.3 is 0 Å². The van der Waals surface area contributed by atoms with Gasteiger partial charge in [-0.05, 0) is 44.0 Å². The van der Waals surface area contributed by atoms with Gasteiger partial charge < -0.3 is 5.32 Å². The fourth-order valence-corrected chi connectivity index (χ4v) is 3.69. The van der Waals surface area contributed by atoms with Crippen LogP contribution in [-0.4, -0.2) is 50.1 Å². The van der Waals surface area contributed by atoms with E-state index in [0.29, 0.717) is 18.9 Å². The third-order valence-corrected chi connectivity index (χ3v) is 5.61. The molecule has 1 fully saturated rings. The molecule has 1 aromatic heterocycles. The molecule has 6 heteroatoms. The Morgan fingerprint density at radius 1 is 1.35 bits per heavy atom. The summed E-state index contributed by atoms with van der Waals surface area (Å²) in [5.74, 6) is 0.608. The average molecular weight is 297 g/mol. The van der Waals surface area contributed by atoms with Gasteiger partial charge in [0, 0.05) is 31.9 Å². The first-order valence-electron chi connectivity index (χ1n) is 7.12. The van der Waals surface area contributed by atoms with Crippen LogP contribution in [0.1, 0.15) is 18.5 Å². The van der Waals surface area contributed by atoms with Crippen LogP contribution in [0.5, 0.6) is 0 Å². The van der Waals surface area contributed by atoms with Crippen LogP contribution in [0.15, 0.2) is 24.4 Å². The van der Waals surface area contributed by atoms with Crippen molar-refractivity contribution in [3.63, 3.8) is 0 Å². The second-order valence-electron chi connectivity index (χ2n) is 5.36. The van der Waals surface area contributed by atoms with Crippen LogP contribution in [0, 0.1) is 5.92 Å². The Morgan fingerprint density at radius 3 is 2.75 bits per heavy atom. The van der Waals surface area contributed by atoms with Crippen molar-refractivity contribution in [3.05, 3.63) is 30.1 Å². The van der Waals surface area contributed by atoms with Crippen LogP contribution in [0.3, 0.4) is 0 Å². The van der Waals surface area contributed by atoms with Crippen molar-refractivity contribution < 1.29 is 8.42 Å². The van der Waals surface area contributed by atoms with E-state index in [1.807, 2.05) is 18.2 Å². The highest BCUT2D eigenvalue weighted by atomic mass is 32.2. The topological polar surface area (TPSA) is 62.3 Å². The van der Waals surface area contributed by atoms with Gasteiger partial charge in [-0.15, -0.1) is 0 Å². The second kappa shape index (κ2) is 7.15. The number of hydrogen-bond acceptors (Lipinski definition) is 4. The first-order chi connectivity index (χ1) is 9.58. The molecule has 2 heterocycles. The monoisotopic (exact) mass is 297 g/mol. The van der Waals surface area contributed by atoms with Crippen LogP contribution in [-0.2, 0) is 16.4 Å². The predicted octanol–water partition coefficient (Wildman–Crippen LogP) is 0.885. The highest BCUT2D eigenvalue weighted by Gasteiger charge is 2.22. The number of pyridine rings is 1. The van der Waals surface area contributed by atoms with E-state index < -0.39 is 10.0 Å². The van der Waals surface area contributed by atoms with E-state index >= 15 is 0 Å². The van der Waals surface area contributed by atoms with Gasteiger partial charge in [0.25, 0.3) is 0 Å². The summed E-state index contributed by atoms with van der Waals surface area (Å²) in [4.78, 5) is 4.17. The average Bonchev–Trinajstić information content (AvgIpc) is 2.47. The summed E-state index contributed by atoms with van der Waals surface area (Å²) < 4.78 is 26.0. The van der Waals surface area contributed by atoms with Crippen molar-refractivity contribution in [2.75, 3.05) is 32.4 Å². The SMILES string of the molecule is CN(CC1CCNCC1)S(=O)(=O)CCc1ccccn1. The standard InChI is InChI=1S/C14H23N3O2S/c1-17(12-13-5-9-15-10-6-13)20(18,19)11-7-14-4-2-3-8-16-14/h2-4,8,13,15H,5-7,9-12H2,1H3. The molecule has 0 aromatic carbocycles. The molecule has 5 nitrogen and oxygen atoms in total. The number of aryl methyl sites for hydroxylation is 1. The molecule has 20 heavy (non-hydrogen) atoms. The third-order valence-electron chi connectivity index (χ3n) is 3.79. The van der Waals surface area contributed by atoms with Crippen molar-refractivity contribution in [2.45, 2.75) is 19.3 Å². The minimum absolute atomic E-state index is 0.130. The molecule has 0 atom stereocenters. The molecule has 1 aliphatic rings. The molecule has 0 aliphatic carbocycles. The number of hydrogen-bond donors (Lipinski definition) is 1. The van der Waals surface area contributed by atoms with Crippen molar-refractivity contribution >= 4 is 10.0 Å². The molecule has 1 N–H and O–H groups in total. The summed E-state index contributed by atoms with van der Waals surface area (Å²) in [7, 11) is -1.49. The number of rotatable bonds is 6. The van der Waals surface area contributed by atoms with Crippen LogP contribution in [0.2, 0.25) is 0 Å². The lowest BCUT2D eigenvalue weighted by Crippen LogP contribution is -2.38. The van der Waals surface area contributed by atoms with Gasteiger partial charge in [-0.2, -0.15) is 0 Å². The minimum atomic E-state index is -3.18. The summed E-state index contributed by atoms with van der Waals surface area (Å²) >= 11 is 0. The lowest BCUT2D eigenvalue weighted by Gasteiger charge is -2.27. The first-order valence-corrected chi connectivity index (χ1v) is 8.73. The molecule has 0 radical (unpaired) electrons. The maximum Gasteiger partial charge on any atom is 0.214 e. The van der Waals surface area contributed by atoms with E-state index in [1.165, 1.54) is 4.31 Å². The van der Waals surface area contributed by atoms with Crippen LogP contribution < -0.4 is 5.32 Å². The number of nitrogens with one attached hydrogen (secondary N) is 1. The van der Waals surface area contributed by atoms with E-state index in [4.69, 9.17) is 0 Å². The van der Waals surface area contributed by atoms with Crippen molar-refractivity contribution in [3.8, 4) is 0 Å². The quantitative estimate of drug-likeness (QED) is 0.847. The molecular weight excluding hydrogens is 274 g/mol. The van der Waals surface area contributed by atoms with E-state index in [1.54, 1.807) is 13.2 Å².